The Morgan fingerprint density at radius 2 is 1.90 bits per heavy atom. The van der Waals surface area contributed by atoms with Gasteiger partial charge in [-0.1, -0.05) is 0 Å². The van der Waals surface area contributed by atoms with E-state index in [0.29, 0.717) is 0 Å². The third-order valence-electron chi connectivity index (χ3n) is 2.50. The van der Waals surface area contributed by atoms with Crippen molar-refractivity contribution in [1.82, 2.24) is 0 Å². The van der Waals surface area contributed by atoms with Crippen LogP contribution in [-0.4, -0.2) is 39.2 Å². The number of carbonyl (C=O) groups excluding carboxylic acids is 1. The number of nitrogens with one attached hydrogen (secondary N) is 1. The summed E-state index contributed by atoms with van der Waals surface area (Å²) < 4.78 is 0. The maximum absolute atomic E-state index is 11.7. The number of hydrogen-bond donors (Lipinski definition) is 5. The van der Waals surface area contributed by atoms with Crippen LogP contribution in [0.2, 0.25) is 0 Å². The molecule has 0 unspecified atom stereocenters. The molecule has 0 radical (unpaired) electrons. The summed E-state index contributed by atoms with van der Waals surface area (Å²) in [7, 11) is 0. The Morgan fingerprint density at radius 1 is 1.25 bits per heavy atom. The minimum Gasteiger partial charge on any atom is -0.507 e. The molecule has 8 nitrogen and oxygen atoms in total. The Balaban J connectivity index is 2.73. The smallest absolute Gasteiger partial charge is 0.339 e. The minimum absolute atomic E-state index is 0.0367. The number of aromatic carboxylic acids is 1. The number of benzene rings is 1. The van der Waals surface area contributed by atoms with Crippen molar-refractivity contribution in [3.63, 3.8) is 0 Å². The molecule has 0 heterocycles. The molecular formula is C12H14N2O6. The average Bonchev–Trinajstić information content (AvgIpc) is 2.37. The van der Waals surface area contributed by atoms with Crippen molar-refractivity contribution in [3.8, 4) is 5.75 Å². The van der Waals surface area contributed by atoms with Crippen molar-refractivity contribution in [3.05, 3.63) is 23.8 Å². The molecule has 1 aromatic carbocycles. The van der Waals surface area contributed by atoms with Crippen molar-refractivity contribution < 1.29 is 29.7 Å². The van der Waals surface area contributed by atoms with E-state index in [1.54, 1.807) is 0 Å². The molecule has 1 aromatic rings. The van der Waals surface area contributed by atoms with Gasteiger partial charge in [0.25, 0.3) is 0 Å². The van der Waals surface area contributed by atoms with E-state index in [1.165, 1.54) is 6.07 Å². The number of aliphatic carboxylic acids is 1. The van der Waals surface area contributed by atoms with E-state index in [-0.39, 0.29) is 24.1 Å². The number of amides is 1. The van der Waals surface area contributed by atoms with E-state index in [1.807, 2.05) is 0 Å². The predicted octanol–water partition coefficient (Wildman–Crippen LogP) is 0.221. The zero-order valence-electron chi connectivity index (χ0n) is 10.4. The fourth-order valence-corrected chi connectivity index (χ4v) is 1.43. The van der Waals surface area contributed by atoms with Gasteiger partial charge in [-0.2, -0.15) is 0 Å². The maximum atomic E-state index is 11.7. The van der Waals surface area contributed by atoms with Gasteiger partial charge in [-0.15, -0.1) is 0 Å². The van der Waals surface area contributed by atoms with Crippen LogP contribution in [0.4, 0.5) is 5.69 Å². The first-order chi connectivity index (χ1) is 9.31. The Hall–Kier alpha value is -2.61. The summed E-state index contributed by atoms with van der Waals surface area (Å²) in [6, 6.07) is 2.50. The highest BCUT2D eigenvalue weighted by Crippen LogP contribution is 2.21. The number of anilines is 1. The number of phenols is 1. The molecular weight excluding hydrogens is 268 g/mol. The van der Waals surface area contributed by atoms with E-state index in [4.69, 9.17) is 15.9 Å². The van der Waals surface area contributed by atoms with Crippen LogP contribution in [0.3, 0.4) is 0 Å². The molecule has 108 valence electrons. The average molecular weight is 282 g/mol. The second-order valence-corrected chi connectivity index (χ2v) is 4.07. The molecule has 0 saturated carbocycles. The van der Waals surface area contributed by atoms with Crippen LogP contribution in [0.25, 0.3) is 0 Å². The van der Waals surface area contributed by atoms with Gasteiger partial charge >= 0.3 is 11.9 Å². The summed E-state index contributed by atoms with van der Waals surface area (Å²) in [4.78, 5) is 32.8. The largest absolute Gasteiger partial charge is 0.507 e. The summed E-state index contributed by atoms with van der Waals surface area (Å²) in [6.45, 7) is 0. The molecule has 1 rings (SSSR count). The number of carboxylic acid groups (broad SMARTS) is 2. The predicted molar refractivity (Wildman–Crippen MR) is 68.5 cm³/mol. The van der Waals surface area contributed by atoms with Gasteiger partial charge in [0.15, 0.2) is 0 Å². The standard InChI is InChI=1S/C12H14N2O6/c13-8(2-4-10(16)17)11(18)14-6-1-3-9(15)7(5-6)12(19)20/h1,3,5,8,15H,2,4,13H2,(H,14,18)(H,16,17)(H,19,20)/t8-/m0/s1. The van der Waals surface area contributed by atoms with Crippen molar-refractivity contribution >= 4 is 23.5 Å². The van der Waals surface area contributed by atoms with Crippen molar-refractivity contribution in [2.75, 3.05) is 5.32 Å². The third-order valence-corrected chi connectivity index (χ3v) is 2.50. The van der Waals surface area contributed by atoms with Crippen LogP contribution in [-0.2, 0) is 9.59 Å². The summed E-state index contributed by atoms with van der Waals surface area (Å²) in [5.41, 5.74) is 5.29. The minimum atomic E-state index is -1.34. The molecule has 0 aliphatic heterocycles. The third kappa shape index (κ3) is 4.25. The fourth-order valence-electron chi connectivity index (χ4n) is 1.43. The number of hydrogen-bond acceptors (Lipinski definition) is 5. The van der Waals surface area contributed by atoms with E-state index in [9.17, 15) is 19.5 Å². The zero-order valence-corrected chi connectivity index (χ0v) is 10.4. The molecule has 0 aliphatic rings. The molecule has 0 spiro atoms. The van der Waals surface area contributed by atoms with Crippen LogP contribution < -0.4 is 11.1 Å². The molecule has 0 aromatic heterocycles. The molecule has 8 heteroatoms. The van der Waals surface area contributed by atoms with Crippen molar-refractivity contribution in [1.29, 1.82) is 0 Å². The lowest BCUT2D eigenvalue weighted by Crippen LogP contribution is -2.36. The lowest BCUT2D eigenvalue weighted by molar-refractivity contribution is -0.137. The molecule has 0 fully saturated rings. The van der Waals surface area contributed by atoms with E-state index in [0.717, 1.165) is 12.1 Å². The Kier molecular flexibility index (Phi) is 5.04. The number of carbonyl (C=O) groups is 3. The van der Waals surface area contributed by atoms with Crippen LogP contribution in [0.5, 0.6) is 5.75 Å². The van der Waals surface area contributed by atoms with Crippen LogP contribution >= 0.6 is 0 Å². The Labute approximate surface area is 113 Å². The molecule has 1 atom stereocenters. The monoisotopic (exact) mass is 282 g/mol. The first-order valence-electron chi connectivity index (χ1n) is 5.66. The number of carboxylic acids is 2. The van der Waals surface area contributed by atoms with Gasteiger partial charge in [-0.25, -0.2) is 4.79 Å². The quantitative estimate of drug-likeness (QED) is 0.468. The van der Waals surface area contributed by atoms with Gasteiger partial charge in [0, 0.05) is 12.1 Å². The van der Waals surface area contributed by atoms with Gasteiger partial charge in [0.1, 0.15) is 11.3 Å². The Bertz CT molecular complexity index is 543. The molecule has 6 N–H and O–H groups in total. The van der Waals surface area contributed by atoms with E-state index < -0.39 is 29.6 Å². The lowest BCUT2D eigenvalue weighted by Gasteiger charge is -2.12. The summed E-state index contributed by atoms with van der Waals surface area (Å²) >= 11 is 0. The van der Waals surface area contributed by atoms with Gasteiger partial charge < -0.3 is 26.4 Å². The number of rotatable bonds is 6. The van der Waals surface area contributed by atoms with E-state index >= 15 is 0 Å². The number of nitrogens with two attached hydrogens (primary N) is 1. The molecule has 0 aliphatic carbocycles. The van der Waals surface area contributed by atoms with Gasteiger partial charge in [0.05, 0.1) is 6.04 Å². The zero-order chi connectivity index (χ0) is 15.3. The summed E-state index contributed by atoms with van der Waals surface area (Å²) in [5, 5.41) is 29.0. The fraction of sp³-hybridized carbons (Fsp3) is 0.250. The maximum Gasteiger partial charge on any atom is 0.339 e. The molecule has 1 amide bonds. The van der Waals surface area contributed by atoms with Crippen molar-refractivity contribution in [2.45, 2.75) is 18.9 Å². The highest BCUT2D eigenvalue weighted by molar-refractivity contribution is 5.97. The second-order valence-electron chi connectivity index (χ2n) is 4.07. The molecule has 20 heavy (non-hydrogen) atoms. The Morgan fingerprint density at radius 3 is 2.45 bits per heavy atom. The van der Waals surface area contributed by atoms with Crippen LogP contribution in [0, 0.1) is 0 Å². The van der Waals surface area contributed by atoms with Gasteiger partial charge in [-0.3, -0.25) is 9.59 Å². The van der Waals surface area contributed by atoms with Crippen molar-refractivity contribution in [2.24, 2.45) is 5.73 Å². The topological polar surface area (TPSA) is 150 Å². The highest BCUT2D eigenvalue weighted by Gasteiger charge is 2.16. The van der Waals surface area contributed by atoms with Gasteiger partial charge in [-0.05, 0) is 24.6 Å². The normalized spacial score (nSPS) is 11.7. The molecule has 0 bridgehead atoms. The second kappa shape index (κ2) is 6.53. The number of aromatic hydroxyl groups is 1. The summed E-state index contributed by atoms with van der Waals surface area (Å²) in [6.07, 6.45) is -0.282. The molecule has 0 saturated heterocycles. The SMILES string of the molecule is N[C@@H](CCC(=O)O)C(=O)Nc1ccc(O)c(C(=O)O)c1. The first kappa shape index (κ1) is 15.4. The van der Waals surface area contributed by atoms with Crippen LogP contribution in [0.1, 0.15) is 23.2 Å². The van der Waals surface area contributed by atoms with E-state index in [2.05, 4.69) is 5.32 Å². The van der Waals surface area contributed by atoms with Gasteiger partial charge in [0.2, 0.25) is 5.91 Å². The highest BCUT2D eigenvalue weighted by atomic mass is 16.4. The van der Waals surface area contributed by atoms with Crippen LogP contribution in [0.15, 0.2) is 18.2 Å². The first-order valence-corrected chi connectivity index (χ1v) is 5.66. The summed E-state index contributed by atoms with van der Waals surface area (Å²) in [5.74, 6) is -3.46. The lowest BCUT2D eigenvalue weighted by atomic mass is 10.1.